The Bertz CT molecular complexity index is 518. The van der Waals surface area contributed by atoms with Gasteiger partial charge in [-0.15, -0.1) is 0 Å². The third kappa shape index (κ3) is 2.07. The largest absolute Gasteiger partial charge is 0.376 e. The Kier molecular flexibility index (Phi) is 3.08. The van der Waals surface area contributed by atoms with Gasteiger partial charge in [0, 0.05) is 29.8 Å². The molecule has 3 rings (SSSR count). The predicted octanol–water partition coefficient (Wildman–Crippen LogP) is 3.24. The molecule has 1 saturated heterocycles. The van der Waals surface area contributed by atoms with Crippen LogP contribution < -0.4 is 0 Å². The van der Waals surface area contributed by atoms with Crippen LogP contribution in [0.5, 0.6) is 0 Å². The van der Waals surface area contributed by atoms with E-state index in [4.69, 9.17) is 4.74 Å². The number of fused-ring (bicyclic) bond motifs is 1. The van der Waals surface area contributed by atoms with Gasteiger partial charge in [0.05, 0.1) is 0 Å². The van der Waals surface area contributed by atoms with Gasteiger partial charge in [-0.2, -0.15) is 0 Å². The molecule has 2 unspecified atom stereocenters. The summed E-state index contributed by atoms with van der Waals surface area (Å²) < 4.78 is 5.48. The molecule has 2 atom stereocenters. The van der Waals surface area contributed by atoms with E-state index < -0.39 is 0 Å². The Morgan fingerprint density at radius 2 is 1.94 bits per heavy atom. The Morgan fingerprint density at radius 3 is 2.76 bits per heavy atom. The van der Waals surface area contributed by atoms with Gasteiger partial charge in [-0.3, -0.25) is 0 Å². The van der Waals surface area contributed by atoms with Crippen LogP contribution in [0.25, 0.3) is 10.8 Å². The molecule has 0 bridgehead atoms. The van der Waals surface area contributed by atoms with Crippen molar-refractivity contribution in [3.8, 4) is 0 Å². The summed E-state index contributed by atoms with van der Waals surface area (Å²) in [6, 6.07) is 15.4. The van der Waals surface area contributed by atoms with Crippen molar-refractivity contribution in [2.75, 3.05) is 18.6 Å². The van der Waals surface area contributed by atoms with Gasteiger partial charge in [0.15, 0.2) is 4.90 Å². The lowest BCUT2D eigenvalue weighted by atomic mass is 10.1. The van der Waals surface area contributed by atoms with E-state index in [0.29, 0.717) is 17.0 Å². The number of hydrogen-bond donors (Lipinski definition) is 0. The monoisotopic (exact) mass is 245 g/mol. The molecule has 0 radical (unpaired) electrons. The summed E-state index contributed by atoms with van der Waals surface area (Å²) in [5.41, 5.74) is 0. The fraction of sp³-hybridized carbons (Fsp3) is 0.333. The topological polar surface area (TPSA) is 9.23 Å². The highest BCUT2D eigenvalue weighted by molar-refractivity contribution is 7.97. The molecular weight excluding hydrogens is 228 g/mol. The van der Waals surface area contributed by atoms with Crippen LogP contribution >= 0.6 is 0 Å². The molecule has 1 fully saturated rings. The van der Waals surface area contributed by atoms with Gasteiger partial charge in [-0.05, 0) is 17.5 Å². The van der Waals surface area contributed by atoms with Crippen LogP contribution in [0.2, 0.25) is 0 Å². The van der Waals surface area contributed by atoms with E-state index in [2.05, 4.69) is 42.5 Å². The van der Waals surface area contributed by atoms with Crippen molar-refractivity contribution in [2.45, 2.75) is 17.4 Å². The van der Waals surface area contributed by atoms with Crippen molar-refractivity contribution >= 4 is 21.7 Å². The zero-order chi connectivity index (χ0) is 11.7. The van der Waals surface area contributed by atoms with Gasteiger partial charge in [0.2, 0.25) is 0 Å². The molecule has 0 saturated carbocycles. The van der Waals surface area contributed by atoms with Crippen molar-refractivity contribution in [3.05, 3.63) is 42.5 Å². The van der Waals surface area contributed by atoms with E-state index in [-0.39, 0.29) is 0 Å². The second kappa shape index (κ2) is 4.71. The van der Waals surface area contributed by atoms with Gasteiger partial charge in [-0.25, -0.2) is 0 Å². The average molecular weight is 245 g/mol. The minimum Gasteiger partial charge on any atom is -0.376 e. The van der Waals surface area contributed by atoms with Crippen LogP contribution in [0, 0.1) is 0 Å². The maximum Gasteiger partial charge on any atom is 0.162 e. The summed E-state index contributed by atoms with van der Waals surface area (Å²) in [5, 5.41) is 2.79. The van der Waals surface area contributed by atoms with Gasteiger partial charge in [0.25, 0.3) is 0 Å². The van der Waals surface area contributed by atoms with Gasteiger partial charge >= 0.3 is 0 Å². The summed E-state index contributed by atoms with van der Waals surface area (Å²) in [5.74, 6) is 2.48. The smallest absolute Gasteiger partial charge is 0.162 e. The van der Waals surface area contributed by atoms with Crippen LogP contribution in [-0.4, -0.2) is 24.7 Å². The minimum absolute atomic E-state index is 0.380. The number of methoxy groups -OCH3 is 1. The first-order valence-electron chi connectivity index (χ1n) is 6.06. The van der Waals surface area contributed by atoms with Crippen molar-refractivity contribution in [1.82, 2.24) is 0 Å². The van der Waals surface area contributed by atoms with E-state index in [1.54, 1.807) is 0 Å². The Labute approximate surface area is 105 Å². The highest BCUT2D eigenvalue weighted by Gasteiger charge is 2.35. The molecule has 0 N–H and O–H groups in total. The molecule has 2 aromatic carbocycles. The lowest BCUT2D eigenvalue weighted by molar-refractivity contribution is 0.124. The zero-order valence-corrected chi connectivity index (χ0v) is 10.9. The number of ether oxygens (including phenoxy) is 1. The molecule has 1 nitrogen and oxygen atoms in total. The molecular formula is C15H17OS+. The molecule has 0 aromatic heterocycles. The van der Waals surface area contributed by atoms with Crippen molar-refractivity contribution in [3.63, 3.8) is 0 Å². The van der Waals surface area contributed by atoms with E-state index >= 15 is 0 Å². The molecule has 0 aliphatic carbocycles. The van der Waals surface area contributed by atoms with Crippen molar-refractivity contribution < 1.29 is 4.74 Å². The Balaban J connectivity index is 2.00. The molecule has 17 heavy (non-hydrogen) atoms. The maximum absolute atomic E-state index is 5.48. The first-order valence-corrected chi connectivity index (χ1v) is 7.63. The second-order valence-electron chi connectivity index (χ2n) is 4.49. The molecule has 1 heterocycles. The first kappa shape index (κ1) is 11.1. The molecule has 1 aliphatic rings. The predicted molar refractivity (Wildman–Crippen MR) is 74.7 cm³/mol. The number of hydrogen-bond acceptors (Lipinski definition) is 1. The summed E-state index contributed by atoms with van der Waals surface area (Å²) in [6.45, 7) is 0. The van der Waals surface area contributed by atoms with Crippen LogP contribution in [-0.2, 0) is 15.6 Å². The average Bonchev–Trinajstić information content (AvgIpc) is 2.87. The maximum atomic E-state index is 5.48. The second-order valence-corrected chi connectivity index (χ2v) is 6.65. The van der Waals surface area contributed by atoms with E-state index in [9.17, 15) is 0 Å². The van der Waals surface area contributed by atoms with Gasteiger partial charge in [-0.1, -0.05) is 30.3 Å². The standard InChI is InChI=1S/C15H17OS/c1-16-13-9-10-17(11-13)15-8-4-6-12-5-2-3-7-14(12)15/h2-8,13H,9-11H2,1H3/q+1. The quantitative estimate of drug-likeness (QED) is 0.738. The molecule has 0 spiro atoms. The lowest BCUT2D eigenvalue weighted by Gasteiger charge is -2.05. The Morgan fingerprint density at radius 1 is 1.12 bits per heavy atom. The van der Waals surface area contributed by atoms with Crippen LogP contribution in [0.3, 0.4) is 0 Å². The molecule has 0 amide bonds. The van der Waals surface area contributed by atoms with E-state index in [0.717, 1.165) is 0 Å². The highest BCUT2D eigenvalue weighted by Crippen LogP contribution is 2.30. The summed E-state index contributed by atoms with van der Waals surface area (Å²) in [6.07, 6.45) is 1.68. The van der Waals surface area contributed by atoms with Crippen LogP contribution in [0.4, 0.5) is 0 Å². The van der Waals surface area contributed by atoms with E-state index in [1.165, 1.54) is 33.6 Å². The Hall–Kier alpha value is -0.990. The van der Waals surface area contributed by atoms with E-state index in [1.807, 2.05) is 7.11 Å². The summed E-state index contributed by atoms with van der Waals surface area (Å²) >= 11 is 0. The zero-order valence-electron chi connectivity index (χ0n) is 10.1. The third-order valence-corrected chi connectivity index (χ3v) is 5.95. The SMILES string of the molecule is COC1CC[S+](c2cccc3ccccc23)C1. The van der Waals surface area contributed by atoms with Crippen molar-refractivity contribution in [1.29, 1.82) is 0 Å². The summed E-state index contributed by atoms with van der Waals surface area (Å²) in [7, 11) is 2.21. The van der Waals surface area contributed by atoms with Crippen molar-refractivity contribution in [2.24, 2.45) is 0 Å². The third-order valence-electron chi connectivity index (χ3n) is 3.47. The summed E-state index contributed by atoms with van der Waals surface area (Å²) in [4.78, 5) is 1.53. The minimum atomic E-state index is 0.380. The fourth-order valence-electron chi connectivity index (χ4n) is 2.50. The van der Waals surface area contributed by atoms with Gasteiger partial charge < -0.3 is 4.74 Å². The first-order chi connectivity index (χ1) is 8.38. The lowest BCUT2D eigenvalue weighted by Crippen LogP contribution is -2.12. The number of benzene rings is 2. The normalized spacial score (nSPS) is 24.3. The molecule has 1 aliphatic heterocycles. The van der Waals surface area contributed by atoms with Gasteiger partial charge in [0.1, 0.15) is 17.6 Å². The molecule has 2 aromatic rings. The van der Waals surface area contributed by atoms with Crippen LogP contribution in [0.15, 0.2) is 47.4 Å². The van der Waals surface area contributed by atoms with Crippen LogP contribution in [0.1, 0.15) is 6.42 Å². The molecule has 2 heteroatoms. The number of rotatable bonds is 2. The molecule has 88 valence electrons. The highest BCUT2D eigenvalue weighted by atomic mass is 32.2. The fourth-order valence-corrected chi connectivity index (χ4v) is 5.13.